The molecule has 1 aliphatic heterocycles. The molecule has 2 aromatic heterocycles. The van der Waals surface area contributed by atoms with Crippen molar-refractivity contribution < 1.29 is 9.15 Å². The number of aryl methyl sites for hydroxylation is 1. The number of hydrogen-bond acceptors (Lipinski definition) is 5. The van der Waals surface area contributed by atoms with Crippen molar-refractivity contribution in [1.29, 1.82) is 0 Å². The van der Waals surface area contributed by atoms with Crippen molar-refractivity contribution in [3.63, 3.8) is 0 Å². The molecule has 0 amide bonds. The van der Waals surface area contributed by atoms with E-state index in [0.29, 0.717) is 24.6 Å². The number of furan rings is 1. The zero-order chi connectivity index (χ0) is 21.2. The minimum absolute atomic E-state index is 0.599. The summed E-state index contributed by atoms with van der Waals surface area (Å²) in [5, 5.41) is 4.92. The van der Waals surface area contributed by atoms with E-state index < -0.39 is 0 Å². The van der Waals surface area contributed by atoms with Gasteiger partial charge in [0, 0.05) is 18.7 Å². The third-order valence-electron chi connectivity index (χ3n) is 5.57. The van der Waals surface area contributed by atoms with Crippen LogP contribution in [0.4, 0.5) is 0 Å². The summed E-state index contributed by atoms with van der Waals surface area (Å²) in [4.78, 5) is 2.31. The summed E-state index contributed by atoms with van der Waals surface area (Å²) in [7, 11) is 0. The second kappa shape index (κ2) is 8.53. The standard InChI is InChI=1S/C24H24N4O2S/c1-18-21(11-13-29-18)23-25-28(24(31)27(23)15-19-7-3-2-4-8-19)17-26-12-14-30-22-10-6-5-9-20(22)16-26/h2-11,13H,12,14-17H2,1H3. The molecule has 6 nitrogen and oxygen atoms in total. The maximum atomic E-state index is 5.91. The average molecular weight is 433 g/mol. The van der Waals surface area contributed by atoms with Crippen molar-refractivity contribution in [1.82, 2.24) is 19.2 Å². The molecule has 0 N–H and O–H groups in total. The van der Waals surface area contributed by atoms with Gasteiger partial charge in [-0.25, -0.2) is 4.68 Å². The van der Waals surface area contributed by atoms with Gasteiger partial charge in [0.25, 0.3) is 0 Å². The van der Waals surface area contributed by atoms with Gasteiger partial charge in [-0.1, -0.05) is 48.5 Å². The van der Waals surface area contributed by atoms with E-state index in [1.807, 2.05) is 54.1 Å². The number of fused-ring (bicyclic) bond motifs is 1. The predicted octanol–water partition coefficient (Wildman–Crippen LogP) is 4.88. The van der Waals surface area contributed by atoms with Crippen molar-refractivity contribution in [2.75, 3.05) is 13.2 Å². The van der Waals surface area contributed by atoms with Crippen LogP contribution in [0.1, 0.15) is 16.9 Å². The summed E-state index contributed by atoms with van der Waals surface area (Å²) in [6, 6.07) is 20.5. The molecule has 0 spiro atoms. The number of para-hydroxylation sites is 1. The number of aromatic nitrogens is 3. The van der Waals surface area contributed by atoms with E-state index in [9.17, 15) is 0 Å². The molecule has 4 aromatic rings. The van der Waals surface area contributed by atoms with Gasteiger partial charge in [0.05, 0.1) is 25.0 Å². The van der Waals surface area contributed by atoms with Gasteiger partial charge in [0.1, 0.15) is 18.1 Å². The lowest BCUT2D eigenvalue weighted by atomic mass is 10.2. The van der Waals surface area contributed by atoms with Crippen molar-refractivity contribution in [2.24, 2.45) is 0 Å². The quantitative estimate of drug-likeness (QED) is 0.421. The molecule has 0 atom stereocenters. The summed E-state index contributed by atoms with van der Waals surface area (Å²) in [6.45, 7) is 5.45. The Hall–Kier alpha value is -3.16. The zero-order valence-corrected chi connectivity index (χ0v) is 18.2. The van der Waals surface area contributed by atoms with Crippen molar-refractivity contribution in [3.8, 4) is 17.1 Å². The molecule has 0 unspecified atom stereocenters. The minimum Gasteiger partial charge on any atom is -0.492 e. The SMILES string of the molecule is Cc1occc1-c1nn(CN2CCOc3ccccc3C2)c(=S)n1Cc1ccccc1. The first-order valence-corrected chi connectivity index (χ1v) is 10.8. The predicted molar refractivity (Wildman–Crippen MR) is 121 cm³/mol. The Labute approximate surface area is 186 Å². The van der Waals surface area contributed by atoms with Crippen LogP contribution in [0.15, 0.2) is 71.3 Å². The maximum absolute atomic E-state index is 5.91. The highest BCUT2D eigenvalue weighted by atomic mass is 32.1. The van der Waals surface area contributed by atoms with Gasteiger partial charge in [-0.2, -0.15) is 5.10 Å². The summed E-state index contributed by atoms with van der Waals surface area (Å²) in [6.07, 6.45) is 1.70. The lowest BCUT2D eigenvalue weighted by molar-refractivity contribution is 0.177. The van der Waals surface area contributed by atoms with E-state index in [1.165, 1.54) is 11.1 Å². The third kappa shape index (κ3) is 4.06. The lowest BCUT2D eigenvalue weighted by Gasteiger charge is -2.18. The molecule has 0 saturated carbocycles. The summed E-state index contributed by atoms with van der Waals surface area (Å²) >= 11 is 5.88. The van der Waals surface area contributed by atoms with Crippen LogP contribution in [-0.2, 0) is 19.8 Å². The van der Waals surface area contributed by atoms with Gasteiger partial charge in [0.2, 0.25) is 0 Å². The number of benzene rings is 2. The first-order valence-electron chi connectivity index (χ1n) is 10.4. The van der Waals surface area contributed by atoms with Crippen molar-refractivity contribution in [3.05, 3.63) is 88.6 Å². The summed E-state index contributed by atoms with van der Waals surface area (Å²) in [5.74, 6) is 2.61. The third-order valence-corrected chi connectivity index (χ3v) is 6.00. The fourth-order valence-electron chi connectivity index (χ4n) is 3.95. The molecule has 7 heteroatoms. The summed E-state index contributed by atoms with van der Waals surface area (Å²) in [5.41, 5.74) is 3.32. The number of hydrogen-bond donors (Lipinski definition) is 0. The van der Waals surface area contributed by atoms with Crippen LogP contribution in [0.25, 0.3) is 11.4 Å². The van der Waals surface area contributed by atoms with Crippen molar-refractivity contribution in [2.45, 2.75) is 26.7 Å². The van der Waals surface area contributed by atoms with Gasteiger partial charge in [0.15, 0.2) is 10.6 Å². The summed E-state index contributed by atoms with van der Waals surface area (Å²) < 4.78 is 16.2. The fourth-order valence-corrected chi connectivity index (χ4v) is 4.20. The van der Waals surface area contributed by atoms with Crippen LogP contribution in [-0.4, -0.2) is 32.4 Å². The molecule has 31 heavy (non-hydrogen) atoms. The molecule has 3 heterocycles. The molecule has 2 aromatic carbocycles. The smallest absolute Gasteiger partial charge is 0.199 e. The topological polar surface area (TPSA) is 48.4 Å². The molecular formula is C24H24N4O2S. The molecule has 1 aliphatic rings. The molecule has 0 radical (unpaired) electrons. The highest BCUT2D eigenvalue weighted by molar-refractivity contribution is 7.71. The fraction of sp³-hybridized carbons (Fsp3) is 0.250. The molecule has 0 saturated heterocycles. The average Bonchev–Trinajstić information content (AvgIpc) is 3.25. The zero-order valence-electron chi connectivity index (χ0n) is 17.4. The normalized spacial score (nSPS) is 14.1. The van der Waals surface area contributed by atoms with Crippen LogP contribution in [0, 0.1) is 11.7 Å². The van der Waals surface area contributed by atoms with Gasteiger partial charge in [-0.05, 0) is 36.8 Å². The Morgan fingerprint density at radius 1 is 1.03 bits per heavy atom. The Bertz CT molecular complexity index is 1240. The highest BCUT2D eigenvalue weighted by Crippen LogP contribution is 2.26. The monoisotopic (exact) mass is 432 g/mol. The van der Waals surface area contributed by atoms with Crippen molar-refractivity contribution >= 4 is 12.2 Å². The lowest BCUT2D eigenvalue weighted by Crippen LogP contribution is -2.29. The first kappa shape index (κ1) is 19.8. The molecule has 0 fully saturated rings. The maximum Gasteiger partial charge on any atom is 0.199 e. The second-order valence-corrected chi connectivity index (χ2v) is 8.08. The van der Waals surface area contributed by atoms with Gasteiger partial charge in [-0.3, -0.25) is 9.47 Å². The number of nitrogens with zero attached hydrogens (tertiary/aromatic N) is 4. The Balaban J connectivity index is 1.49. The van der Waals surface area contributed by atoms with Crippen LogP contribution in [0.2, 0.25) is 0 Å². The van der Waals surface area contributed by atoms with E-state index in [2.05, 4.69) is 27.7 Å². The van der Waals surface area contributed by atoms with E-state index in [4.69, 9.17) is 26.5 Å². The highest BCUT2D eigenvalue weighted by Gasteiger charge is 2.20. The second-order valence-electron chi connectivity index (χ2n) is 7.72. The minimum atomic E-state index is 0.599. The Kier molecular flexibility index (Phi) is 5.44. The van der Waals surface area contributed by atoms with E-state index in [-0.39, 0.29) is 0 Å². The first-order chi connectivity index (χ1) is 15.2. The largest absolute Gasteiger partial charge is 0.492 e. The molecule has 5 rings (SSSR count). The molecule has 0 bridgehead atoms. The molecule has 0 aliphatic carbocycles. The Morgan fingerprint density at radius 2 is 1.84 bits per heavy atom. The van der Waals surface area contributed by atoms with E-state index >= 15 is 0 Å². The molecular weight excluding hydrogens is 408 g/mol. The van der Waals surface area contributed by atoms with Gasteiger partial charge >= 0.3 is 0 Å². The number of rotatable bonds is 5. The van der Waals surface area contributed by atoms with Crippen LogP contribution in [0.5, 0.6) is 5.75 Å². The van der Waals surface area contributed by atoms with Gasteiger partial charge < -0.3 is 9.15 Å². The number of ether oxygens (including phenoxy) is 1. The van der Waals surface area contributed by atoms with Crippen LogP contribution >= 0.6 is 12.2 Å². The Morgan fingerprint density at radius 3 is 2.65 bits per heavy atom. The van der Waals surface area contributed by atoms with Crippen LogP contribution < -0.4 is 4.74 Å². The molecule has 158 valence electrons. The van der Waals surface area contributed by atoms with E-state index in [1.54, 1.807) is 6.26 Å². The van der Waals surface area contributed by atoms with Crippen LogP contribution in [0.3, 0.4) is 0 Å². The van der Waals surface area contributed by atoms with Gasteiger partial charge in [-0.15, -0.1) is 0 Å². The van der Waals surface area contributed by atoms with E-state index in [0.717, 1.165) is 36.0 Å².